The Hall–Kier alpha value is -6.11. The van der Waals surface area contributed by atoms with Crippen LogP contribution in [0, 0.1) is 11.6 Å². The molecule has 1 aliphatic carbocycles. The van der Waals surface area contributed by atoms with E-state index in [-0.39, 0.29) is 29.6 Å². The minimum Gasteiger partial charge on any atom is -0.467 e. The Morgan fingerprint density at radius 2 is 1.50 bits per heavy atom. The maximum atomic E-state index is 13.4. The van der Waals surface area contributed by atoms with E-state index in [9.17, 15) is 41.1 Å². The molecule has 0 bridgehead atoms. The molecule has 0 saturated heterocycles. The second-order valence-electron chi connectivity index (χ2n) is 11.8. The van der Waals surface area contributed by atoms with Crippen molar-refractivity contribution in [3.8, 4) is 6.01 Å². The predicted molar refractivity (Wildman–Crippen MR) is 182 cm³/mol. The van der Waals surface area contributed by atoms with E-state index in [2.05, 4.69) is 46.3 Å². The van der Waals surface area contributed by atoms with Crippen LogP contribution in [0.4, 0.5) is 39.5 Å². The number of carbonyl (C=O) groups excluding carboxylic acids is 4. The Balaban J connectivity index is 1.21. The largest absolute Gasteiger partial charge is 0.467 e. The maximum absolute atomic E-state index is 13.4. The van der Waals surface area contributed by atoms with Crippen LogP contribution in [0.5, 0.6) is 6.01 Å². The predicted octanol–water partition coefficient (Wildman–Crippen LogP) is 4.29. The van der Waals surface area contributed by atoms with Gasteiger partial charge in [-0.15, -0.1) is 0 Å². The van der Waals surface area contributed by atoms with Gasteiger partial charge in [-0.3, -0.25) is 14.4 Å². The third-order valence-electron chi connectivity index (χ3n) is 7.72. The summed E-state index contributed by atoms with van der Waals surface area (Å²) in [5, 5.41) is 13.3. The summed E-state index contributed by atoms with van der Waals surface area (Å²) in [5.74, 6) is -6.10. The average Bonchev–Trinajstić information content (AvgIpc) is 3.90. The SMILES string of the molecule is COC(=O)[C@H](CNC(=O)C(=O)NCc1cc(F)cc(F)c1)NC(=O)c1ccc(Nc2nc(NC3(c4ccc(Cl)cc4)CC3)nc(OCC(F)(F)F)n2)cc1. The van der Waals surface area contributed by atoms with Crippen molar-refractivity contribution in [3.63, 3.8) is 0 Å². The Bertz CT molecular complexity index is 2000. The second kappa shape index (κ2) is 16.7. The third kappa shape index (κ3) is 11.0. The van der Waals surface area contributed by atoms with Gasteiger partial charge >= 0.3 is 30.0 Å². The molecule has 3 amide bonds. The molecule has 1 atom stereocenters. The van der Waals surface area contributed by atoms with Gasteiger partial charge in [0, 0.05) is 35.4 Å². The molecule has 0 radical (unpaired) electrons. The van der Waals surface area contributed by atoms with Crippen LogP contribution in [0.25, 0.3) is 0 Å². The van der Waals surface area contributed by atoms with Gasteiger partial charge in [-0.1, -0.05) is 23.7 Å². The first-order chi connectivity index (χ1) is 25.6. The zero-order valence-corrected chi connectivity index (χ0v) is 28.8. The van der Waals surface area contributed by atoms with Gasteiger partial charge in [-0.05, 0) is 72.5 Å². The number of nitrogens with zero attached hydrogens (tertiary/aromatic N) is 3. The fraction of sp³-hybridized carbons (Fsp3) is 0.265. The van der Waals surface area contributed by atoms with Gasteiger partial charge in [-0.2, -0.15) is 28.1 Å². The highest BCUT2D eigenvalue weighted by atomic mass is 35.5. The Morgan fingerprint density at radius 3 is 2.11 bits per heavy atom. The van der Waals surface area contributed by atoms with E-state index in [1.807, 2.05) is 12.1 Å². The van der Waals surface area contributed by atoms with Crippen LogP contribution in [0.15, 0.2) is 66.7 Å². The van der Waals surface area contributed by atoms with Crippen molar-refractivity contribution in [2.75, 3.05) is 30.9 Å². The molecule has 284 valence electrons. The summed E-state index contributed by atoms with van der Waals surface area (Å²) in [4.78, 5) is 62.1. The number of hydrogen-bond acceptors (Lipinski definition) is 11. The lowest BCUT2D eigenvalue weighted by Crippen LogP contribution is -2.51. The summed E-state index contributed by atoms with van der Waals surface area (Å²) in [6, 6.07) is 13.1. The van der Waals surface area contributed by atoms with E-state index in [1.54, 1.807) is 12.1 Å². The summed E-state index contributed by atoms with van der Waals surface area (Å²) in [7, 11) is 1.04. The van der Waals surface area contributed by atoms with E-state index >= 15 is 0 Å². The van der Waals surface area contributed by atoms with Crippen molar-refractivity contribution in [1.82, 2.24) is 30.9 Å². The first-order valence-corrected chi connectivity index (χ1v) is 16.3. The number of carbonyl (C=O) groups is 4. The van der Waals surface area contributed by atoms with Gasteiger partial charge in [0.2, 0.25) is 11.9 Å². The van der Waals surface area contributed by atoms with Crippen molar-refractivity contribution in [1.29, 1.82) is 0 Å². The Labute approximate surface area is 308 Å². The molecule has 5 rings (SSSR count). The van der Waals surface area contributed by atoms with Gasteiger partial charge in [-0.25, -0.2) is 13.6 Å². The quantitative estimate of drug-likeness (QED) is 0.0699. The van der Waals surface area contributed by atoms with Crippen LogP contribution < -0.4 is 31.3 Å². The molecule has 1 fully saturated rings. The summed E-state index contributed by atoms with van der Waals surface area (Å²) < 4.78 is 75.1. The number of ether oxygens (including phenoxy) is 2. The molecule has 5 N–H and O–H groups in total. The minimum absolute atomic E-state index is 0.0340. The Morgan fingerprint density at radius 1 is 0.870 bits per heavy atom. The normalized spacial score (nSPS) is 13.5. The third-order valence-corrected chi connectivity index (χ3v) is 7.97. The highest BCUT2D eigenvalue weighted by Crippen LogP contribution is 2.48. The van der Waals surface area contributed by atoms with E-state index in [1.165, 1.54) is 24.3 Å². The van der Waals surface area contributed by atoms with Gasteiger partial charge in [0.1, 0.15) is 17.7 Å². The lowest BCUT2D eigenvalue weighted by Gasteiger charge is -2.19. The lowest BCUT2D eigenvalue weighted by molar-refractivity contribution is -0.154. The zero-order chi connectivity index (χ0) is 39.0. The van der Waals surface area contributed by atoms with E-state index in [0.717, 1.165) is 24.8 Å². The molecular formula is C34H30ClF5N8O6. The fourth-order valence-corrected chi connectivity index (χ4v) is 5.06. The van der Waals surface area contributed by atoms with Gasteiger partial charge in [0.05, 0.1) is 12.6 Å². The standard InChI is InChI=1S/C34H30ClF5N8O6/c1-53-29(52)25(16-42-28(51)27(50)41-15-18-12-22(36)14-23(37)13-18)44-26(49)19-2-8-24(9-3-19)43-30-45-31(47-32(46-30)54-17-34(38,39)40)48-33(10-11-33)20-4-6-21(35)7-5-20/h2-9,12-14,25H,10-11,15-17H2,1H3,(H,41,50)(H,42,51)(H,44,49)(H2,43,45,46,47,48)/t25-/m0/s1. The van der Waals surface area contributed by atoms with E-state index < -0.39 is 72.2 Å². The number of alkyl halides is 3. The number of anilines is 3. The number of halogens is 6. The summed E-state index contributed by atoms with van der Waals surface area (Å²) >= 11 is 6.01. The number of methoxy groups -OCH3 is 1. The zero-order valence-electron chi connectivity index (χ0n) is 28.0. The van der Waals surface area contributed by atoms with Crippen LogP contribution in [-0.4, -0.2) is 71.1 Å². The van der Waals surface area contributed by atoms with E-state index in [4.69, 9.17) is 16.3 Å². The molecule has 14 nitrogen and oxygen atoms in total. The van der Waals surface area contributed by atoms with Crippen molar-refractivity contribution < 1.29 is 50.6 Å². The second-order valence-corrected chi connectivity index (χ2v) is 12.2. The fourth-order valence-electron chi connectivity index (χ4n) is 4.93. The summed E-state index contributed by atoms with van der Waals surface area (Å²) in [6.45, 7) is -2.58. The first kappa shape index (κ1) is 39.1. The first-order valence-electron chi connectivity index (χ1n) is 15.9. The summed E-state index contributed by atoms with van der Waals surface area (Å²) in [6.07, 6.45) is -3.29. The number of amides is 3. The van der Waals surface area contributed by atoms with Crippen LogP contribution in [0.1, 0.15) is 34.3 Å². The molecule has 1 saturated carbocycles. The Kier molecular flexibility index (Phi) is 12.1. The van der Waals surface area contributed by atoms with Crippen LogP contribution in [-0.2, 0) is 31.2 Å². The molecule has 1 heterocycles. The van der Waals surface area contributed by atoms with Gasteiger partial charge < -0.3 is 36.1 Å². The molecular weight excluding hydrogens is 747 g/mol. The van der Waals surface area contributed by atoms with Gasteiger partial charge in [0.25, 0.3) is 5.91 Å². The monoisotopic (exact) mass is 776 g/mol. The number of hydrogen-bond donors (Lipinski definition) is 5. The summed E-state index contributed by atoms with van der Waals surface area (Å²) in [5.41, 5.74) is 0.677. The molecule has 20 heteroatoms. The number of benzene rings is 3. The molecule has 4 aromatic rings. The average molecular weight is 777 g/mol. The van der Waals surface area contributed by atoms with Crippen molar-refractivity contribution >= 4 is 52.9 Å². The number of aromatic nitrogens is 3. The molecule has 0 unspecified atom stereocenters. The number of nitrogens with one attached hydrogen (secondary N) is 5. The lowest BCUT2D eigenvalue weighted by atomic mass is 10.1. The van der Waals surface area contributed by atoms with Gasteiger partial charge in [0.15, 0.2) is 6.61 Å². The van der Waals surface area contributed by atoms with Crippen LogP contribution in [0.3, 0.4) is 0 Å². The van der Waals surface area contributed by atoms with E-state index in [0.29, 0.717) is 29.6 Å². The van der Waals surface area contributed by atoms with Crippen LogP contribution in [0.2, 0.25) is 5.02 Å². The topological polar surface area (TPSA) is 186 Å². The highest BCUT2D eigenvalue weighted by Gasteiger charge is 2.45. The van der Waals surface area contributed by atoms with Crippen molar-refractivity contribution in [3.05, 3.63) is 100 Å². The number of rotatable bonds is 14. The highest BCUT2D eigenvalue weighted by molar-refractivity contribution is 6.35. The maximum Gasteiger partial charge on any atom is 0.422 e. The molecule has 0 spiro atoms. The smallest absolute Gasteiger partial charge is 0.422 e. The molecule has 0 aliphatic heterocycles. The molecule has 1 aromatic heterocycles. The molecule has 54 heavy (non-hydrogen) atoms. The number of esters is 1. The van der Waals surface area contributed by atoms with Crippen molar-refractivity contribution in [2.45, 2.75) is 37.1 Å². The van der Waals surface area contributed by atoms with Crippen molar-refractivity contribution in [2.24, 2.45) is 0 Å². The molecule has 1 aliphatic rings. The minimum atomic E-state index is -4.66. The van der Waals surface area contributed by atoms with Crippen LogP contribution >= 0.6 is 11.6 Å². The molecule has 3 aromatic carbocycles.